The Balaban J connectivity index is 2.05. The van der Waals surface area contributed by atoms with Gasteiger partial charge in [-0.3, -0.25) is 4.98 Å². The molecule has 0 unspecified atom stereocenters. The molecular formula is C13H18N4O2. The van der Waals surface area contributed by atoms with Gasteiger partial charge in [0.1, 0.15) is 5.69 Å². The van der Waals surface area contributed by atoms with E-state index in [2.05, 4.69) is 15.3 Å². The van der Waals surface area contributed by atoms with Crippen molar-refractivity contribution in [2.75, 3.05) is 13.2 Å². The predicted molar refractivity (Wildman–Crippen MR) is 69.4 cm³/mol. The number of rotatable bonds is 7. The first-order valence-electron chi connectivity index (χ1n) is 6.35. The number of pyridine rings is 1. The minimum atomic E-state index is -0.443. The van der Waals surface area contributed by atoms with Gasteiger partial charge in [-0.25, -0.2) is 4.68 Å². The maximum atomic E-state index is 5.48. The average Bonchev–Trinajstić information content (AvgIpc) is 2.88. The molecule has 0 aromatic carbocycles. The highest BCUT2D eigenvalue weighted by molar-refractivity contribution is 5.10. The van der Waals surface area contributed by atoms with Crippen LogP contribution in [-0.4, -0.2) is 33.2 Å². The van der Waals surface area contributed by atoms with Crippen LogP contribution in [0.25, 0.3) is 0 Å². The highest BCUT2D eigenvalue weighted by atomic mass is 16.7. The van der Waals surface area contributed by atoms with Crippen LogP contribution in [0.5, 0.6) is 0 Å². The molecule has 2 aromatic heterocycles. The van der Waals surface area contributed by atoms with Crippen molar-refractivity contribution >= 4 is 0 Å². The standard InChI is InChI=1S/C13H18N4O2/c1-3-18-13(19-4-2)12-10-17(16-15-12)9-11-5-7-14-8-6-11/h5-8,10,13H,3-4,9H2,1-2H3. The van der Waals surface area contributed by atoms with E-state index >= 15 is 0 Å². The molecule has 19 heavy (non-hydrogen) atoms. The van der Waals surface area contributed by atoms with Crippen molar-refractivity contribution in [2.24, 2.45) is 0 Å². The monoisotopic (exact) mass is 262 g/mol. The Hall–Kier alpha value is -1.79. The number of hydrogen-bond acceptors (Lipinski definition) is 5. The molecule has 6 nitrogen and oxygen atoms in total. The molecule has 2 heterocycles. The Morgan fingerprint density at radius 3 is 2.47 bits per heavy atom. The minimum Gasteiger partial charge on any atom is -0.347 e. The fourth-order valence-corrected chi connectivity index (χ4v) is 1.70. The lowest BCUT2D eigenvalue weighted by molar-refractivity contribution is -0.142. The van der Waals surface area contributed by atoms with Crippen LogP contribution < -0.4 is 0 Å². The summed E-state index contributed by atoms with van der Waals surface area (Å²) in [7, 11) is 0. The molecule has 0 N–H and O–H groups in total. The Morgan fingerprint density at radius 2 is 1.84 bits per heavy atom. The molecule has 0 fully saturated rings. The van der Waals surface area contributed by atoms with Gasteiger partial charge in [-0.05, 0) is 31.5 Å². The smallest absolute Gasteiger partial charge is 0.204 e. The van der Waals surface area contributed by atoms with E-state index in [1.807, 2.05) is 32.2 Å². The van der Waals surface area contributed by atoms with Crippen LogP contribution in [0, 0.1) is 0 Å². The topological polar surface area (TPSA) is 62.1 Å². The van der Waals surface area contributed by atoms with Crippen molar-refractivity contribution in [2.45, 2.75) is 26.7 Å². The lowest BCUT2D eigenvalue weighted by atomic mass is 10.3. The van der Waals surface area contributed by atoms with Gasteiger partial charge in [0.25, 0.3) is 0 Å². The molecule has 2 aromatic rings. The van der Waals surface area contributed by atoms with E-state index in [0.717, 1.165) is 5.56 Å². The van der Waals surface area contributed by atoms with Gasteiger partial charge in [0.15, 0.2) is 0 Å². The van der Waals surface area contributed by atoms with Crippen molar-refractivity contribution < 1.29 is 9.47 Å². The molecule has 0 aliphatic rings. The average molecular weight is 262 g/mol. The SMILES string of the molecule is CCOC(OCC)c1cn(Cc2ccncc2)nn1. The third-order valence-electron chi connectivity index (χ3n) is 2.53. The second-order valence-corrected chi connectivity index (χ2v) is 3.94. The summed E-state index contributed by atoms with van der Waals surface area (Å²) in [6.07, 6.45) is 4.92. The molecule has 102 valence electrons. The zero-order valence-corrected chi connectivity index (χ0v) is 11.2. The Labute approximate surface area is 112 Å². The molecule has 0 aliphatic heterocycles. The first kappa shape index (κ1) is 13.6. The molecular weight excluding hydrogens is 244 g/mol. The first-order chi connectivity index (χ1) is 9.33. The van der Waals surface area contributed by atoms with Gasteiger partial charge in [-0.2, -0.15) is 0 Å². The van der Waals surface area contributed by atoms with Crippen LogP contribution in [0.1, 0.15) is 31.4 Å². The van der Waals surface area contributed by atoms with E-state index in [1.54, 1.807) is 17.1 Å². The quantitative estimate of drug-likeness (QED) is 0.712. The second kappa shape index (κ2) is 6.96. The summed E-state index contributed by atoms with van der Waals surface area (Å²) in [5.41, 5.74) is 1.81. The maximum absolute atomic E-state index is 5.48. The van der Waals surface area contributed by atoms with Gasteiger partial charge in [0, 0.05) is 25.6 Å². The van der Waals surface area contributed by atoms with Gasteiger partial charge in [0.2, 0.25) is 6.29 Å². The van der Waals surface area contributed by atoms with E-state index in [9.17, 15) is 0 Å². The van der Waals surface area contributed by atoms with E-state index in [0.29, 0.717) is 25.5 Å². The third-order valence-corrected chi connectivity index (χ3v) is 2.53. The summed E-state index contributed by atoms with van der Waals surface area (Å²) in [5.74, 6) is 0. The van der Waals surface area contributed by atoms with E-state index in [4.69, 9.17) is 9.47 Å². The Bertz CT molecular complexity index is 480. The molecule has 0 aliphatic carbocycles. The van der Waals surface area contributed by atoms with Crippen molar-refractivity contribution in [1.82, 2.24) is 20.0 Å². The minimum absolute atomic E-state index is 0.443. The largest absolute Gasteiger partial charge is 0.347 e. The second-order valence-electron chi connectivity index (χ2n) is 3.94. The number of hydrogen-bond donors (Lipinski definition) is 0. The highest BCUT2D eigenvalue weighted by Crippen LogP contribution is 2.16. The number of aromatic nitrogens is 4. The van der Waals surface area contributed by atoms with Crippen molar-refractivity contribution in [3.8, 4) is 0 Å². The molecule has 0 radical (unpaired) electrons. The molecule has 2 rings (SSSR count). The summed E-state index contributed by atoms with van der Waals surface area (Å²) in [6.45, 7) is 5.64. The summed E-state index contributed by atoms with van der Waals surface area (Å²) in [5, 5.41) is 8.18. The van der Waals surface area contributed by atoms with Crippen LogP contribution in [0.3, 0.4) is 0 Å². The lowest BCUT2D eigenvalue weighted by Crippen LogP contribution is -2.09. The summed E-state index contributed by atoms with van der Waals surface area (Å²) in [6, 6.07) is 3.90. The van der Waals surface area contributed by atoms with Gasteiger partial charge in [0.05, 0.1) is 12.7 Å². The molecule has 0 saturated heterocycles. The van der Waals surface area contributed by atoms with Crippen LogP contribution in [0.4, 0.5) is 0 Å². The van der Waals surface area contributed by atoms with Crippen LogP contribution in [0.2, 0.25) is 0 Å². The van der Waals surface area contributed by atoms with Gasteiger partial charge >= 0.3 is 0 Å². The Kier molecular flexibility index (Phi) is 5.00. The number of ether oxygens (including phenoxy) is 2. The predicted octanol–water partition coefficient (Wildman–Crippen LogP) is 1.79. The zero-order chi connectivity index (χ0) is 13.5. The van der Waals surface area contributed by atoms with Gasteiger partial charge in [-0.15, -0.1) is 5.10 Å². The maximum Gasteiger partial charge on any atom is 0.204 e. The van der Waals surface area contributed by atoms with Crippen LogP contribution in [-0.2, 0) is 16.0 Å². The highest BCUT2D eigenvalue weighted by Gasteiger charge is 2.15. The van der Waals surface area contributed by atoms with E-state index < -0.39 is 6.29 Å². The van der Waals surface area contributed by atoms with Crippen molar-refractivity contribution in [3.63, 3.8) is 0 Å². The molecule has 0 spiro atoms. The van der Waals surface area contributed by atoms with Gasteiger partial charge in [-0.1, -0.05) is 5.21 Å². The van der Waals surface area contributed by atoms with Crippen molar-refractivity contribution in [1.29, 1.82) is 0 Å². The molecule has 6 heteroatoms. The van der Waals surface area contributed by atoms with Gasteiger partial charge < -0.3 is 9.47 Å². The van der Waals surface area contributed by atoms with Crippen molar-refractivity contribution in [3.05, 3.63) is 42.0 Å². The van der Waals surface area contributed by atoms with Crippen LogP contribution in [0.15, 0.2) is 30.7 Å². The summed E-state index contributed by atoms with van der Waals surface area (Å²) < 4.78 is 12.7. The van der Waals surface area contributed by atoms with E-state index in [-0.39, 0.29) is 0 Å². The molecule has 0 amide bonds. The molecule has 0 atom stereocenters. The zero-order valence-electron chi connectivity index (χ0n) is 11.2. The molecule has 0 bridgehead atoms. The molecule has 0 saturated carbocycles. The van der Waals surface area contributed by atoms with E-state index in [1.165, 1.54) is 0 Å². The number of nitrogens with zero attached hydrogens (tertiary/aromatic N) is 4. The fourth-order valence-electron chi connectivity index (χ4n) is 1.70. The third kappa shape index (κ3) is 3.84. The Morgan fingerprint density at radius 1 is 1.16 bits per heavy atom. The normalized spacial score (nSPS) is 11.1. The lowest BCUT2D eigenvalue weighted by Gasteiger charge is -2.13. The van der Waals surface area contributed by atoms with Crippen LogP contribution >= 0.6 is 0 Å². The summed E-state index contributed by atoms with van der Waals surface area (Å²) in [4.78, 5) is 3.98. The summed E-state index contributed by atoms with van der Waals surface area (Å²) >= 11 is 0. The first-order valence-corrected chi connectivity index (χ1v) is 6.35. The fraction of sp³-hybridized carbons (Fsp3) is 0.462.